The van der Waals surface area contributed by atoms with E-state index in [0.29, 0.717) is 5.75 Å². The van der Waals surface area contributed by atoms with Crippen LogP contribution in [-0.2, 0) is 9.84 Å². The van der Waals surface area contributed by atoms with Gasteiger partial charge in [0.2, 0.25) is 0 Å². The Labute approximate surface area is 55.2 Å². The fraction of sp³-hybridized carbons (Fsp3) is 1.00. The first-order valence-corrected chi connectivity index (χ1v) is 4.79. The van der Waals surface area contributed by atoms with Crippen molar-refractivity contribution in [1.29, 1.82) is 0 Å². The molecule has 0 spiro atoms. The molecule has 1 saturated heterocycles. The first kappa shape index (κ1) is 7.02. The highest BCUT2D eigenvalue weighted by Crippen LogP contribution is 2.17. The fourth-order valence-electron chi connectivity index (χ4n) is 1.08. The normalized spacial score (nSPS) is 41.1. The molecule has 1 atom stereocenters. The van der Waals surface area contributed by atoms with E-state index in [1.807, 2.05) is 6.92 Å². The molecular weight excluding hydrogens is 138 g/mol. The first-order chi connectivity index (χ1) is 3.91. The zero-order valence-corrected chi connectivity index (χ0v) is 6.37. The van der Waals surface area contributed by atoms with Gasteiger partial charge in [0.05, 0.1) is 5.75 Å². The van der Waals surface area contributed by atoms with Crippen LogP contribution in [-0.4, -0.2) is 25.5 Å². The van der Waals surface area contributed by atoms with Crippen LogP contribution in [0.5, 0.6) is 0 Å². The van der Waals surface area contributed by atoms with Crippen LogP contribution in [0.15, 0.2) is 0 Å². The SMILES string of the molecule is CC1([NH3+])CCS(=O)(=O)C1. The van der Waals surface area contributed by atoms with E-state index in [2.05, 4.69) is 5.73 Å². The van der Waals surface area contributed by atoms with Crippen molar-refractivity contribution in [2.75, 3.05) is 11.5 Å². The van der Waals surface area contributed by atoms with Crippen molar-refractivity contribution < 1.29 is 14.2 Å². The van der Waals surface area contributed by atoms with E-state index in [1.54, 1.807) is 0 Å². The highest BCUT2D eigenvalue weighted by molar-refractivity contribution is 7.91. The highest BCUT2D eigenvalue weighted by Gasteiger charge is 2.38. The average molecular weight is 150 g/mol. The second kappa shape index (κ2) is 1.70. The molecule has 1 fully saturated rings. The van der Waals surface area contributed by atoms with Gasteiger partial charge in [0.1, 0.15) is 11.3 Å². The quantitative estimate of drug-likeness (QED) is 0.472. The lowest BCUT2D eigenvalue weighted by Crippen LogP contribution is -2.71. The van der Waals surface area contributed by atoms with Crippen LogP contribution in [0.25, 0.3) is 0 Å². The van der Waals surface area contributed by atoms with Crippen LogP contribution in [0.2, 0.25) is 0 Å². The Bertz CT molecular complexity index is 205. The molecule has 0 aromatic carbocycles. The second-order valence-corrected chi connectivity index (χ2v) is 5.34. The summed E-state index contributed by atoms with van der Waals surface area (Å²) in [5.41, 5.74) is 3.58. The largest absolute Gasteiger partial charge is 0.352 e. The van der Waals surface area contributed by atoms with Gasteiger partial charge in [0.15, 0.2) is 9.84 Å². The lowest BCUT2D eigenvalue weighted by Gasteiger charge is -2.08. The zero-order chi connectivity index (χ0) is 7.12. The molecule has 3 nitrogen and oxygen atoms in total. The number of quaternary nitrogens is 1. The van der Waals surface area contributed by atoms with E-state index in [9.17, 15) is 8.42 Å². The van der Waals surface area contributed by atoms with Crippen LogP contribution < -0.4 is 5.73 Å². The van der Waals surface area contributed by atoms with Gasteiger partial charge in [0.25, 0.3) is 0 Å². The van der Waals surface area contributed by atoms with Crippen molar-refractivity contribution >= 4 is 9.84 Å². The Morgan fingerprint density at radius 2 is 2.11 bits per heavy atom. The van der Waals surface area contributed by atoms with E-state index in [0.717, 1.165) is 6.42 Å². The van der Waals surface area contributed by atoms with Gasteiger partial charge in [-0.25, -0.2) is 8.42 Å². The predicted molar refractivity (Wildman–Crippen MR) is 34.6 cm³/mol. The summed E-state index contributed by atoms with van der Waals surface area (Å²) >= 11 is 0. The third kappa shape index (κ3) is 1.66. The predicted octanol–water partition coefficient (Wildman–Crippen LogP) is -1.19. The summed E-state index contributed by atoms with van der Waals surface area (Å²) in [4.78, 5) is 0. The Hall–Kier alpha value is -0.0900. The molecule has 0 saturated carbocycles. The van der Waals surface area contributed by atoms with Crippen molar-refractivity contribution in [3.8, 4) is 0 Å². The third-order valence-corrected chi connectivity index (χ3v) is 3.55. The van der Waals surface area contributed by atoms with Gasteiger partial charge in [-0.05, 0) is 6.92 Å². The molecule has 0 bridgehead atoms. The maximum absolute atomic E-state index is 10.8. The van der Waals surface area contributed by atoms with E-state index in [1.165, 1.54) is 0 Å². The summed E-state index contributed by atoms with van der Waals surface area (Å²) in [7, 11) is -2.72. The summed E-state index contributed by atoms with van der Waals surface area (Å²) in [6, 6.07) is 0. The molecule has 4 heteroatoms. The summed E-state index contributed by atoms with van der Waals surface area (Å²) in [6.07, 6.45) is 0.718. The monoisotopic (exact) mass is 150 g/mol. The van der Waals surface area contributed by atoms with Gasteiger partial charge in [0, 0.05) is 6.42 Å². The van der Waals surface area contributed by atoms with Crippen molar-refractivity contribution in [3.05, 3.63) is 0 Å². The standard InChI is InChI=1S/C5H11NO2S/c1-5(6)2-3-9(7,8)4-5/h2-4,6H2,1H3/p+1. The molecule has 0 aromatic rings. The summed E-state index contributed by atoms with van der Waals surface area (Å²) in [5, 5.41) is 0. The first-order valence-electron chi connectivity index (χ1n) is 2.97. The van der Waals surface area contributed by atoms with E-state index >= 15 is 0 Å². The molecule has 54 valence electrons. The fourth-order valence-corrected chi connectivity index (χ4v) is 3.23. The van der Waals surface area contributed by atoms with E-state index < -0.39 is 9.84 Å². The molecule has 1 aliphatic rings. The number of rotatable bonds is 0. The lowest BCUT2D eigenvalue weighted by atomic mass is 10.1. The molecule has 9 heavy (non-hydrogen) atoms. The Morgan fingerprint density at radius 1 is 1.56 bits per heavy atom. The molecule has 1 aliphatic heterocycles. The van der Waals surface area contributed by atoms with Crippen molar-refractivity contribution in [3.63, 3.8) is 0 Å². The summed E-state index contributed by atoms with van der Waals surface area (Å²) in [5.74, 6) is 0.590. The zero-order valence-electron chi connectivity index (χ0n) is 5.55. The van der Waals surface area contributed by atoms with Crippen molar-refractivity contribution in [2.45, 2.75) is 18.9 Å². The van der Waals surface area contributed by atoms with Gasteiger partial charge in [-0.15, -0.1) is 0 Å². The van der Waals surface area contributed by atoms with E-state index in [-0.39, 0.29) is 11.3 Å². The van der Waals surface area contributed by atoms with Crippen molar-refractivity contribution in [2.24, 2.45) is 0 Å². The van der Waals surface area contributed by atoms with Crippen LogP contribution in [0.3, 0.4) is 0 Å². The maximum Gasteiger partial charge on any atom is 0.156 e. The molecule has 0 radical (unpaired) electrons. The molecule has 0 aliphatic carbocycles. The minimum absolute atomic E-state index is 0.209. The summed E-state index contributed by atoms with van der Waals surface area (Å²) in [6.45, 7) is 1.89. The number of hydrogen-bond acceptors (Lipinski definition) is 2. The topological polar surface area (TPSA) is 61.8 Å². The maximum atomic E-state index is 10.8. The Morgan fingerprint density at radius 3 is 2.22 bits per heavy atom. The number of hydrogen-bond donors (Lipinski definition) is 1. The molecule has 1 rings (SSSR count). The Balaban J connectivity index is 2.81. The van der Waals surface area contributed by atoms with Crippen LogP contribution in [0.1, 0.15) is 13.3 Å². The lowest BCUT2D eigenvalue weighted by molar-refractivity contribution is -0.462. The molecular formula is C5H12NO2S+. The minimum atomic E-state index is -2.72. The van der Waals surface area contributed by atoms with Crippen LogP contribution in [0.4, 0.5) is 0 Å². The molecule has 1 heterocycles. The minimum Gasteiger partial charge on any atom is -0.352 e. The summed E-state index contributed by atoms with van der Waals surface area (Å²) < 4.78 is 21.6. The molecule has 3 N–H and O–H groups in total. The van der Waals surface area contributed by atoms with Gasteiger partial charge in [-0.1, -0.05) is 0 Å². The van der Waals surface area contributed by atoms with Gasteiger partial charge in [-0.3, -0.25) is 0 Å². The molecule has 1 unspecified atom stereocenters. The molecule has 0 aromatic heterocycles. The van der Waals surface area contributed by atoms with Crippen LogP contribution in [0, 0.1) is 0 Å². The van der Waals surface area contributed by atoms with Crippen molar-refractivity contribution in [1.82, 2.24) is 0 Å². The Kier molecular flexibility index (Phi) is 1.33. The smallest absolute Gasteiger partial charge is 0.156 e. The van der Waals surface area contributed by atoms with E-state index in [4.69, 9.17) is 0 Å². The van der Waals surface area contributed by atoms with Crippen LogP contribution >= 0.6 is 0 Å². The van der Waals surface area contributed by atoms with Gasteiger partial charge >= 0.3 is 0 Å². The highest BCUT2D eigenvalue weighted by atomic mass is 32.2. The van der Waals surface area contributed by atoms with Gasteiger partial charge < -0.3 is 5.73 Å². The third-order valence-electron chi connectivity index (χ3n) is 1.58. The second-order valence-electron chi connectivity index (χ2n) is 3.15. The molecule has 0 amide bonds. The van der Waals surface area contributed by atoms with Gasteiger partial charge in [-0.2, -0.15) is 0 Å². The average Bonchev–Trinajstić information content (AvgIpc) is 1.78. The number of sulfone groups is 1.